The molecule has 1 amide bonds. The molecular weight excluding hydrogens is 227 g/mol. The van der Waals surface area contributed by atoms with E-state index in [-0.39, 0.29) is 19.5 Å². The van der Waals surface area contributed by atoms with Crippen LogP contribution >= 0.6 is 0 Å². The van der Waals surface area contributed by atoms with Gasteiger partial charge < -0.3 is 14.8 Å². The second-order valence-corrected chi connectivity index (χ2v) is 1.83. The molecule has 0 spiro atoms. The van der Waals surface area contributed by atoms with E-state index in [1.165, 1.54) is 0 Å². The Bertz CT molecular complexity index is 202. The number of amides is 1. The Morgan fingerprint density at radius 2 is 1.55 bits per heavy atom. The van der Waals surface area contributed by atoms with Crippen LogP contribution in [-0.4, -0.2) is 23.4 Å². The first-order valence-electron chi connectivity index (χ1n) is 1.86. The number of rotatable bonds is 1. The summed E-state index contributed by atoms with van der Waals surface area (Å²) in [5.41, 5.74) is 4.53. The van der Waals surface area contributed by atoms with E-state index in [1.54, 1.807) is 0 Å². The van der Waals surface area contributed by atoms with E-state index in [0.717, 1.165) is 6.08 Å². The summed E-state index contributed by atoms with van der Waals surface area (Å²) < 4.78 is 34.1. The van der Waals surface area contributed by atoms with Crippen molar-refractivity contribution in [3.8, 4) is 0 Å². The third kappa shape index (κ3) is 198. The van der Waals surface area contributed by atoms with Gasteiger partial charge in [-0.2, -0.15) is 0 Å². The summed E-state index contributed by atoms with van der Waals surface area (Å²) in [6, 6.07) is 0. The second kappa shape index (κ2) is 7.81. The number of carbonyl (C=O) groups is 1. The molecule has 0 rings (SSSR count). The van der Waals surface area contributed by atoms with Gasteiger partial charge in [-0.15, -0.1) is 0 Å². The Labute approximate surface area is 76.8 Å². The van der Waals surface area contributed by atoms with Gasteiger partial charge in [0.15, 0.2) is 0 Å². The van der Waals surface area contributed by atoms with Crippen LogP contribution < -0.4 is 5.73 Å². The van der Waals surface area contributed by atoms with E-state index in [1.807, 2.05) is 0 Å². The Morgan fingerprint density at radius 3 is 1.55 bits per heavy atom. The van der Waals surface area contributed by atoms with Crippen LogP contribution in [0.3, 0.4) is 0 Å². The number of primary amides is 1. The maximum absolute atomic E-state index is 9.47. The van der Waals surface area contributed by atoms with Crippen LogP contribution in [0.4, 0.5) is 0 Å². The molecule has 0 aliphatic carbocycles. The third-order valence-corrected chi connectivity index (χ3v) is 0.201. The van der Waals surface area contributed by atoms with Crippen molar-refractivity contribution in [2.75, 3.05) is 0 Å². The molecule has 0 saturated heterocycles. The molecule has 60 valence electrons. The molecule has 0 bridgehead atoms. The molecule has 0 atom stereocenters. The Balaban J connectivity index is -0.000000107. The first-order valence-corrected chi connectivity index (χ1v) is 3.19. The molecule has 0 aromatic rings. The summed E-state index contributed by atoms with van der Waals surface area (Å²) in [5.74, 6) is -0.481. The quantitative estimate of drug-likeness (QED) is 0.250. The van der Waals surface area contributed by atoms with Crippen molar-refractivity contribution < 1.29 is 41.8 Å². The summed E-state index contributed by atoms with van der Waals surface area (Å²) in [7, 11) is -5.17. The van der Waals surface area contributed by atoms with Crippen LogP contribution in [0.2, 0.25) is 0 Å². The zero-order chi connectivity index (χ0) is 8.78. The molecule has 0 unspecified atom stereocenters. The Kier molecular flexibility index (Phi) is 12.1. The smallest absolute Gasteiger partial charge is 0.759 e. The van der Waals surface area contributed by atoms with Crippen LogP contribution in [0.15, 0.2) is 12.7 Å². The van der Waals surface area contributed by atoms with Crippen molar-refractivity contribution in [2.24, 2.45) is 5.73 Å². The van der Waals surface area contributed by atoms with Crippen LogP contribution in [0.25, 0.3) is 0 Å². The van der Waals surface area contributed by atoms with Crippen molar-refractivity contribution in [3.05, 3.63) is 12.7 Å². The average molecular weight is 233 g/mol. The number of hydrogen-bond donors (Lipinski definition) is 1. The van der Waals surface area contributed by atoms with Gasteiger partial charge in [0.25, 0.3) is 0 Å². The molecule has 0 aliphatic rings. The summed E-state index contributed by atoms with van der Waals surface area (Å²) >= 11 is 0. The zero-order valence-electron chi connectivity index (χ0n) is 5.52. The monoisotopic (exact) mass is 231 g/mol. The van der Waals surface area contributed by atoms with E-state index in [0.29, 0.717) is 0 Å². The zero-order valence-corrected chi connectivity index (χ0v) is 9.30. The van der Waals surface area contributed by atoms with Gasteiger partial charge in [-0.05, 0) is 6.08 Å². The molecule has 2 N–H and O–H groups in total. The maximum Gasteiger partial charge on any atom is 2.00 e. The molecular formula is C3H5NO5SZn. The molecule has 11 heavy (non-hydrogen) atoms. The van der Waals surface area contributed by atoms with E-state index in [2.05, 4.69) is 12.3 Å². The number of nitrogens with two attached hydrogens (primary N) is 1. The molecule has 0 aromatic heterocycles. The SMILES string of the molecule is C=CC(N)=O.O=S(=O)([O-])[O-].[Zn+2]. The first kappa shape index (κ1) is 17.0. The van der Waals surface area contributed by atoms with Crippen molar-refractivity contribution in [1.29, 1.82) is 0 Å². The molecule has 0 fully saturated rings. The fraction of sp³-hybridized carbons (Fsp3) is 0. The molecule has 8 heteroatoms. The van der Waals surface area contributed by atoms with Crippen LogP contribution in [-0.2, 0) is 34.7 Å². The van der Waals surface area contributed by atoms with Crippen LogP contribution in [0.1, 0.15) is 0 Å². The van der Waals surface area contributed by atoms with Gasteiger partial charge in [0.1, 0.15) is 0 Å². The van der Waals surface area contributed by atoms with Crippen LogP contribution in [0, 0.1) is 0 Å². The minimum absolute atomic E-state index is 0. The molecule has 0 saturated carbocycles. The van der Waals surface area contributed by atoms with Crippen molar-refractivity contribution in [1.82, 2.24) is 0 Å². The minimum Gasteiger partial charge on any atom is -0.759 e. The first-order chi connectivity index (χ1) is 4.27. The summed E-state index contributed by atoms with van der Waals surface area (Å²) in [6.07, 6.45) is 1.06. The van der Waals surface area contributed by atoms with Gasteiger partial charge in [-0.25, -0.2) is 0 Å². The summed E-state index contributed by atoms with van der Waals surface area (Å²) in [5, 5.41) is 0. The molecule has 6 nitrogen and oxygen atoms in total. The van der Waals surface area contributed by atoms with E-state index in [9.17, 15) is 4.79 Å². The normalized spacial score (nSPS) is 8.18. The topological polar surface area (TPSA) is 123 Å². The maximum atomic E-state index is 9.47. The minimum atomic E-state index is -5.17. The molecule has 0 radical (unpaired) electrons. The van der Waals surface area contributed by atoms with Crippen molar-refractivity contribution in [2.45, 2.75) is 0 Å². The third-order valence-electron chi connectivity index (χ3n) is 0.201. The van der Waals surface area contributed by atoms with E-state index < -0.39 is 16.3 Å². The van der Waals surface area contributed by atoms with Crippen molar-refractivity contribution >= 4 is 16.3 Å². The van der Waals surface area contributed by atoms with Crippen molar-refractivity contribution in [3.63, 3.8) is 0 Å². The van der Waals surface area contributed by atoms with E-state index >= 15 is 0 Å². The largest absolute Gasteiger partial charge is 2.00 e. The molecule has 0 aromatic carbocycles. The standard InChI is InChI=1S/C3H5NO.H2O4S.Zn/c1-2-3(4)5;1-5(2,3)4;/h2H,1H2,(H2,4,5);(H2,1,2,3,4);/q;;+2/p-2. The van der Waals surface area contributed by atoms with Gasteiger partial charge in [-0.3, -0.25) is 13.2 Å². The Morgan fingerprint density at radius 1 is 1.45 bits per heavy atom. The van der Waals surface area contributed by atoms with Gasteiger partial charge in [0.2, 0.25) is 5.91 Å². The predicted octanol–water partition coefficient (Wildman–Crippen LogP) is -1.68. The van der Waals surface area contributed by atoms with E-state index in [4.69, 9.17) is 17.5 Å². The van der Waals surface area contributed by atoms with Crippen LogP contribution in [0.5, 0.6) is 0 Å². The number of hydrogen-bond acceptors (Lipinski definition) is 5. The second-order valence-electron chi connectivity index (χ2n) is 1.01. The summed E-state index contributed by atoms with van der Waals surface area (Å²) in [6.45, 7) is 3.09. The van der Waals surface area contributed by atoms with Gasteiger partial charge >= 0.3 is 19.5 Å². The summed E-state index contributed by atoms with van der Waals surface area (Å²) in [4.78, 5) is 9.47. The average Bonchev–Trinajstić information content (AvgIpc) is 1.61. The Hall–Kier alpha value is -0.297. The predicted molar refractivity (Wildman–Crippen MR) is 29.9 cm³/mol. The molecule has 0 aliphatic heterocycles. The fourth-order valence-electron chi connectivity index (χ4n) is 0. The van der Waals surface area contributed by atoms with Gasteiger partial charge in [0, 0.05) is 10.4 Å². The van der Waals surface area contributed by atoms with Gasteiger partial charge in [-0.1, -0.05) is 6.58 Å². The fourth-order valence-corrected chi connectivity index (χ4v) is 0. The van der Waals surface area contributed by atoms with Gasteiger partial charge in [0.05, 0.1) is 0 Å². The molecule has 0 heterocycles. The number of carbonyl (C=O) groups excluding carboxylic acids is 1.